The third-order valence-electron chi connectivity index (χ3n) is 4.16. The fourth-order valence-electron chi connectivity index (χ4n) is 2.83. The van der Waals surface area contributed by atoms with E-state index in [9.17, 15) is 0 Å². The Kier molecular flexibility index (Phi) is 7.34. The predicted octanol–water partition coefficient (Wildman–Crippen LogP) is 5.07. The molecule has 3 rings (SSSR count). The van der Waals surface area contributed by atoms with Gasteiger partial charge in [0, 0.05) is 6.08 Å². The first kappa shape index (κ1) is 19.6. The summed E-state index contributed by atoms with van der Waals surface area (Å²) in [6.45, 7) is 9.79. The van der Waals surface area contributed by atoms with Gasteiger partial charge in [0.05, 0.1) is 6.07 Å². The molecule has 0 N–H and O–H groups in total. The van der Waals surface area contributed by atoms with Gasteiger partial charge in [-0.3, -0.25) is 0 Å². The maximum absolute atomic E-state index is 7.51. The molecular weight excluding hydrogens is 333 g/mol. The summed E-state index contributed by atoms with van der Waals surface area (Å²) in [7, 11) is -0.508. The molecule has 26 heavy (non-hydrogen) atoms. The minimum Gasteiger partial charge on any atom is -0.193 e. The van der Waals surface area contributed by atoms with Gasteiger partial charge in [0.15, 0.2) is 0 Å². The molecule has 0 aliphatic carbocycles. The Labute approximate surface area is 158 Å². The molecule has 0 spiro atoms. The number of nitriles is 1. The summed E-state index contributed by atoms with van der Waals surface area (Å²) in [6, 6.07) is 28.1. The Morgan fingerprint density at radius 1 is 0.692 bits per heavy atom. The number of nitrogens with zero attached hydrogens (tertiary/aromatic N) is 1. The second kappa shape index (κ2) is 9.71. The smallest absolute Gasteiger partial charge is 0.0905 e. The molecule has 0 unspecified atom stereocenters. The van der Waals surface area contributed by atoms with Crippen molar-refractivity contribution in [3.8, 4) is 6.07 Å². The fraction of sp³-hybridized carbons (Fsp3) is 0.125. The van der Waals surface area contributed by atoms with Gasteiger partial charge in [-0.25, -0.2) is 0 Å². The van der Waals surface area contributed by atoms with E-state index in [1.54, 1.807) is 6.07 Å². The van der Waals surface area contributed by atoms with Gasteiger partial charge >= 0.3 is 0 Å². The molecule has 0 bridgehead atoms. The van der Waals surface area contributed by atoms with Crippen LogP contribution < -0.4 is 15.9 Å². The van der Waals surface area contributed by atoms with Crippen molar-refractivity contribution >= 4 is 23.8 Å². The van der Waals surface area contributed by atoms with E-state index in [0.717, 1.165) is 0 Å². The predicted molar refractivity (Wildman–Crippen MR) is 115 cm³/mol. The van der Waals surface area contributed by atoms with Crippen LogP contribution in [0.25, 0.3) is 0 Å². The summed E-state index contributed by atoms with van der Waals surface area (Å²) in [4.78, 5) is 0. The third kappa shape index (κ3) is 4.69. The first-order valence-electron chi connectivity index (χ1n) is 8.57. The van der Waals surface area contributed by atoms with Gasteiger partial charge in [-0.05, 0) is 61.3 Å². The summed E-state index contributed by atoms with van der Waals surface area (Å²) < 4.78 is 0. The molecule has 0 saturated carbocycles. The van der Waals surface area contributed by atoms with Crippen molar-refractivity contribution in [2.45, 2.75) is 20.8 Å². The maximum atomic E-state index is 7.51. The first-order chi connectivity index (χ1) is 12.6. The highest BCUT2D eigenvalue weighted by Crippen LogP contribution is 2.36. The van der Waals surface area contributed by atoms with Crippen molar-refractivity contribution in [2.24, 2.45) is 0 Å². The minimum absolute atomic E-state index is 0.508. The van der Waals surface area contributed by atoms with Crippen LogP contribution in [0.4, 0.5) is 0 Å². The molecule has 0 aliphatic heterocycles. The molecule has 3 aromatic carbocycles. The molecule has 0 saturated heterocycles. The van der Waals surface area contributed by atoms with Gasteiger partial charge in [-0.1, -0.05) is 79.4 Å². The summed E-state index contributed by atoms with van der Waals surface area (Å²) in [6.07, 6.45) is 1.18. The quantitative estimate of drug-likeness (QED) is 0.474. The van der Waals surface area contributed by atoms with Crippen LogP contribution in [0, 0.1) is 32.1 Å². The van der Waals surface area contributed by atoms with E-state index < -0.39 is 7.92 Å². The van der Waals surface area contributed by atoms with E-state index in [1.807, 2.05) is 0 Å². The molecule has 0 amide bonds. The van der Waals surface area contributed by atoms with E-state index >= 15 is 0 Å². The molecule has 0 aromatic heterocycles. The average Bonchev–Trinajstić information content (AvgIpc) is 2.66. The van der Waals surface area contributed by atoms with Crippen LogP contribution in [-0.4, -0.2) is 0 Å². The zero-order valence-corrected chi connectivity index (χ0v) is 16.5. The van der Waals surface area contributed by atoms with Crippen molar-refractivity contribution in [2.75, 3.05) is 0 Å². The van der Waals surface area contributed by atoms with Crippen molar-refractivity contribution < 1.29 is 0 Å². The summed E-state index contributed by atoms with van der Waals surface area (Å²) >= 11 is 0. The number of allylic oxidation sites excluding steroid dienone is 1. The van der Waals surface area contributed by atoms with Gasteiger partial charge in [0.25, 0.3) is 0 Å². The second-order valence-electron chi connectivity index (χ2n) is 6.03. The summed E-state index contributed by atoms with van der Waals surface area (Å²) in [5.74, 6) is 0. The summed E-state index contributed by atoms with van der Waals surface area (Å²) in [5.41, 5.74) is 4.13. The van der Waals surface area contributed by atoms with E-state index in [-0.39, 0.29) is 0 Å². The zero-order valence-electron chi connectivity index (χ0n) is 15.6. The molecule has 3 aromatic rings. The maximum Gasteiger partial charge on any atom is 0.0905 e. The van der Waals surface area contributed by atoms with Gasteiger partial charge in [0.2, 0.25) is 0 Å². The SMILES string of the molecule is C=CC#N.Cc1ccccc1P(c1ccccc1C)c1ccccc1C. The van der Waals surface area contributed by atoms with Crippen LogP contribution >= 0.6 is 7.92 Å². The van der Waals surface area contributed by atoms with Gasteiger partial charge in [-0.2, -0.15) is 5.26 Å². The highest BCUT2D eigenvalue weighted by atomic mass is 31.1. The standard InChI is InChI=1S/C21H21P.C3H3N/c1-16-10-4-7-13-19(16)22(20-14-8-5-11-17(20)2)21-15-9-6-12-18(21)3;1-2-3-4/h4-15H,1-3H3;2H,1H2. The van der Waals surface area contributed by atoms with Gasteiger partial charge in [0.1, 0.15) is 0 Å². The lowest BCUT2D eigenvalue weighted by molar-refractivity contribution is 1.49. The van der Waals surface area contributed by atoms with E-state index in [2.05, 4.69) is 100 Å². The molecular formula is C24H24NP. The van der Waals surface area contributed by atoms with Crippen LogP contribution in [-0.2, 0) is 0 Å². The number of rotatable bonds is 3. The number of hydrogen-bond acceptors (Lipinski definition) is 1. The number of aryl methyl sites for hydroxylation is 3. The minimum atomic E-state index is -0.508. The lowest BCUT2D eigenvalue weighted by Gasteiger charge is -2.24. The van der Waals surface area contributed by atoms with E-state index in [4.69, 9.17) is 5.26 Å². The first-order valence-corrected chi connectivity index (χ1v) is 9.92. The lowest BCUT2D eigenvalue weighted by atomic mass is 10.2. The fourth-order valence-corrected chi connectivity index (χ4v) is 5.60. The number of hydrogen-bond donors (Lipinski definition) is 0. The Hall–Kier alpha value is -2.68. The van der Waals surface area contributed by atoms with Gasteiger partial charge < -0.3 is 0 Å². The Balaban J connectivity index is 0.000000552. The molecule has 0 atom stereocenters. The average molecular weight is 357 g/mol. The van der Waals surface area contributed by atoms with Crippen molar-refractivity contribution in [1.29, 1.82) is 5.26 Å². The Morgan fingerprint density at radius 3 is 1.19 bits per heavy atom. The normalized spacial score (nSPS) is 9.81. The third-order valence-corrected chi connectivity index (χ3v) is 7.11. The molecule has 0 heterocycles. The Morgan fingerprint density at radius 2 is 0.962 bits per heavy atom. The van der Waals surface area contributed by atoms with Crippen LogP contribution in [0.1, 0.15) is 16.7 Å². The van der Waals surface area contributed by atoms with Crippen LogP contribution in [0.3, 0.4) is 0 Å². The topological polar surface area (TPSA) is 23.8 Å². The zero-order chi connectivity index (χ0) is 18.9. The van der Waals surface area contributed by atoms with E-state index in [0.29, 0.717) is 0 Å². The van der Waals surface area contributed by atoms with Crippen LogP contribution in [0.15, 0.2) is 85.5 Å². The summed E-state index contributed by atoms with van der Waals surface area (Å²) in [5, 5.41) is 11.9. The van der Waals surface area contributed by atoms with Gasteiger partial charge in [-0.15, -0.1) is 0 Å². The largest absolute Gasteiger partial charge is 0.193 e. The van der Waals surface area contributed by atoms with Crippen molar-refractivity contribution in [3.05, 3.63) is 102 Å². The van der Waals surface area contributed by atoms with Crippen LogP contribution in [0.5, 0.6) is 0 Å². The number of benzene rings is 3. The molecule has 1 nitrogen and oxygen atoms in total. The molecule has 130 valence electrons. The highest BCUT2D eigenvalue weighted by molar-refractivity contribution is 7.80. The molecule has 2 heteroatoms. The Bertz CT molecular complexity index is 813. The molecule has 0 fully saturated rings. The monoisotopic (exact) mass is 357 g/mol. The molecule has 0 radical (unpaired) electrons. The highest BCUT2D eigenvalue weighted by Gasteiger charge is 2.20. The van der Waals surface area contributed by atoms with E-state index in [1.165, 1.54) is 38.7 Å². The van der Waals surface area contributed by atoms with Crippen LogP contribution in [0.2, 0.25) is 0 Å². The van der Waals surface area contributed by atoms with Crippen molar-refractivity contribution in [3.63, 3.8) is 0 Å². The van der Waals surface area contributed by atoms with Crippen molar-refractivity contribution in [1.82, 2.24) is 0 Å². The second-order valence-corrected chi connectivity index (χ2v) is 8.14. The lowest BCUT2D eigenvalue weighted by Crippen LogP contribution is -2.25. The molecule has 0 aliphatic rings.